The number of phenols is 1. The van der Waals surface area contributed by atoms with Gasteiger partial charge in [-0.3, -0.25) is 14.6 Å². The SMILES string of the molecule is COC(=O)C(Cc1ccccc1)NC(=O)CNC(=O)Cc1ccc(-c2cccc(-c3cc4ccncc4[nH]3)c2O)cc1. The summed E-state index contributed by atoms with van der Waals surface area (Å²) in [6.07, 6.45) is 3.80. The Balaban J connectivity index is 1.18. The molecule has 2 aromatic heterocycles. The van der Waals surface area contributed by atoms with E-state index in [1.807, 2.05) is 84.9 Å². The van der Waals surface area contributed by atoms with Gasteiger partial charge in [-0.25, -0.2) is 4.79 Å². The zero-order valence-electron chi connectivity index (χ0n) is 23.0. The molecule has 3 aromatic carbocycles. The second-order valence-corrected chi connectivity index (χ2v) is 9.83. The number of hydrogen-bond acceptors (Lipinski definition) is 6. The van der Waals surface area contributed by atoms with E-state index in [2.05, 4.69) is 20.6 Å². The van der Waals surface area contributed by atoms with Gasteiger partial charge in [-0.2, -0.15) is 0 Å². The second kappa shape index (κ2) is 12.8. The minimum Gasteiger partial charge on any atom is -0.507 e. The molecule has 2 amide bonds. The predicted octanol–water partition coefficient (Wildman–Crippen LogP) is 4.16. The third kappa shape index (κ3) is 6.64. The molecule has 0 saturated heterocycles. The quantitative estimate of drug-likeness (QED) is 0.189. The van der Waals surface area contributed by atoms with Crippen molar-refractivity contribution in [2.75, 3.05) is 13.7 Å². The number of aromatic hydroxyl groups is 1. The third-order valence-corrected chi connectivity index (χ3v) is 6.93. The van der Waals surface area contributed by atoms with Gasteiger partial charge in [-0.05, 0) is 34.9 Å². The number of esters is 1. The smallest absolute Gasteiger partial charge is 0.328 e. The zero-order valence-corrected chi connectivity index (χ0v) is 23.0. The summed E-state index contributed by atoms with van der Waals surface area (Å²) in [6.45, 7) is -0.274. The Hall–Kier alpha value is -5.44. The number of fused-ring (bicyclic) bond motifs is 1. The number of aromatic amines is 1. The summed E-state index contributed by atoms with van der Waals surface area (Å²) in [6, 6.07) is 25.1. The van der Waals surface area contributed by atoms with Crippen LogP contribution < -0.4 is 10.6 Å². The Bertz CT molecular complexity index is 1680. The van der Waals surface area contributed by atoms with Crippen LogP contribution in [0.25, 0.3) is 33.3 Å². The van der Waals surface area contributed by atoms with Crippen LogP contribution in [0.3, 0.4) is 0 Å². The van der Waals surface area contributed by atoms with E-state index < -0.39 is 17.9 Å². The summed E-state index contributed by atoms with van der Waals surface area (Å²) < 4.78 is 4.82. The standard InChI is InChI=1S/C33H30N4O5/c1-42-33(41)28(16-21-6-3-2-4-7-21)37-31(39)20-35-30(38)17-22-10-12-23(13-11-22)25-8-5-9-26(32(25)40)27-18-24-14-15-34-19-29(24)36-27/h2-15,18-19,28,36,40H,16-17,20H2,1H3,(H,35,38)(H,37,39). The molecule has 1 unspecified atom stereocenters. The molecule has 4 N–H and O–H groups in total. The fourth-order valence-electron chi connectivity index (χ4n) is 4.77. The van der Waals surface area contributed by atoms with E-state index in [9.17, 15) is 19.5 Å². The first-order valence-electron chi connectivity index (χ1n) is 13.4. The number of aromatic nitrogens is 2. The molecule has 0 aliphatic carbocycles. The number of phenolic OH excluding ortho intramolecular Hbond substituents is 1. The second-order valence-electron chi connectivity index (χ2n) is 9.83. The number of amides is 2. The lowest BCUT2D eigenvalue weighted by Crippen LogP contribution is -2.47. The van der Waals surface area contributed by atoms with Gasteiger partial charge in [0, 0.05) is 29.1 Å². The van der Waals surface area contributed by atoms with Crippen LogP contribution in [-0.4, -0.2) is 52.6 Å². The minimum absolute atomic E-state index is 0.0626. The fraction of sp³-hybridized carbons (Fsp3) is 0.152. The number of para-hydroxylation sites is 1. The molecule has 42 heavy (non-hydrogen) atoms. The maximum atomic E-state index is 12.5. The highest BCUT2D eigenvalue weighted by Crippen LogP contribution is 2.38. The van der Waals surface area contributed by atoms with Gasteiger partial charge in [0.15, 0.2) is 0 Å². The topological polar surface area (TPSA) is 133 Å². The Morgan fingerprint density at radius 3 is 2.40 bits per heavy atom. The Labute approximate surface area is 242 Å². The molecule has 0 aliphatic rings. The van der Waals surface area contributed by atoms with Gasteiger partial charge in [0.1, 0.15) is 11.8 Å². The number of methoxy groups -OCH3 is 1. The fourth-order valence-corrected chi connectivity index (χ4v) is 4.77. The highest BCUT2D eigenvalue weighted by atomic mass is 16.5. The molecule has 0 radical (unpaired) electrons. The van der Waals surface area contributed by atoms with E-state index in [1.54, 1.807) is 12.4 Å². The number of rotatable bonds is 10. The normalized spacial score (nSPS) is 11.5. The van der Waals surface area contributed by atoms with Gasteiger partial charge in [-0.15, -0.1) is 0 Å². The summed E-state index contributed by atoms with van der Waals surface area (Å²) >= 11 is 0. The van der Waals surface area contributed by atoms with E-state index in [1.165, 1.54) is 7.11 Å². The van der Waals surface area contributed by atoms with Gasteiger partial charge in [-0.1, -0.05) is 66.7 Å². The number of nitrogens with one attached hydrogen (secondary N) is 3. The number of carbonyl (C=O) groups is 3. The number of hydrogen-bond donors (Lipinski definition) is 4. The highest BCUT2D eigenvalue weighted by molar-refractivity contribution is 5.90. The van der Waals surface area contributed by atoms with Gasteiger partial charge in [0.2, 0.25) is 11.8 Å². The third-order valence-electron chi connectivity index (χ3n) is 6.93. The summed E-state index contributed by atoms with van der Waals surface area (Å²) in [7, 11) is 1.26. The molecule has 5 rings (SSSR count). The molecule has 0 bridgehead atoms. The average molecular weight is 563 g/mol. The molecule has 9 heteroatoms. The molecule has 1 atom stereocenters. The van der Waals surface area contributed by atoms with Crippen LogP contribution in [0.2, 0.25) is 0 Å². The van der Waals surface area contributed by atoms with Crippen molar-refractivity contribution >= 4 is 28.7 Å². The number of nitrogens with zero attached hydrogens (tertiary/aromatic N) is 1. The van der Waals surface area contributed by atoms with Gasteiger partial charge >= 0.3 is 5.97 Å². The minimum atomic E-state index is -0.864. The van der Waals surface area contributed by atoms with E-state index in [-0.39, 0.29) is 31.0 Å². The van der Waals surface area contributed by atoms with Crippen molar-refractivity contribution in [3.63, 3.8) is 0 Å². The average Bonchev–Trinajstić information content (AvgIpc) is 3.45. The van der Waals surface area contributed by atoms with E-state index in [0.29, 0.717) is 11.1 Å². The lowest BCUT2D eigenvalue weighted by molar-refractivity contribution is -0.145. The maximum absolute atomic E-state index is 12.5. The molecule has 9 nitrogen and oxygen atoms in total. The van der Waals surface area contributed by atoms with Gasteiger partial charge in [0.25, 0.3) is 0 Å². The largest absolute Gasteiger partial charge is 0.507 e. The zero-order chi connectivity index (χ0) is 29.5. The first kappa shape index (κ1) is 28.1. The first-order chi connectivity index (χ1) is 20.4. The molecule has 212 valence electrons. The Kier molecular flexibility index (Phi) is 8.58. The van der Waals surface area contributed by atoms with Crippen LogP contribution in [0.4, 0.5) is 0 Å². The van der Waals surface area contributed by atoms with Gasteiger partial charge in [0.05, 0.1) is 37.5 Å². The van der Waals surface area contributed by atoms with E-state index in [4.69, 9.17) is 4.74 Å². The van der Waals surface area contributed by atoms with Crippen LogP contribution in [-0.2, 0) is 32.0 Å². The summed E-state index contributed by atoms with van der Waals surface area (Å²) in [5.41, 5.74) is 5.41. The maximum Gasteiger partial charge on any atom is 0.328 e. The molecule has 0 aliphatic heterocycles. The summed E-state index contributed by atoms with van der Waals surface area (Å²) in [5, 5.41) is 17.3. The van der Waals surface area contributed by atoms with Crippen molar-refractivity contribution in [2.24, 2.45) is 0 Å². The lowest BCUT2D eigenvalue weighted by atomic mass is 9.98. The van der Waals surface area contributed by atoms with Crippen LogP contribution in [0.5, 0.6) is 5.75 Å². The Morgan fingerprint density at radius 2 is 1.67 bits per heavy atom. The van der Waals surface area contributed by atoms with Crippen molar-refractivity contribution in [3.8, 4) is 28.1 Å². The van der Waals surface area contributed by atoms with Crippen molar-refractivity contribution in [2.45, 2.75) is 18.9 Å². The number of benzene rings is 3. The monoisotopic (exact) mass is 562 g/mol. The molecule has 2 heterocycles. The predicted molar refractivity (Wildman–Crippen MR) is 159 cm³/mol. The molecule has 0 fully saturated rings. The van der Waals surface area contributed by atoms with Crippen molar-refractivity contribution in [3.05, 3.63) is 108 Å². The first-order valence-corrected chi connectivity index (χ1v) is 13.4. The number of ether oxygens (including phenoxy) is 1. The molecule has 5 aromatic rings. The van der Waals surface area contributed by atoms with Crippen LogP contribution in [0.15, 0.2) is 97.3 Å². The number of H-pyrrole nitrogens is 1. The summed E-state index contributed by atoms with van der Waals surface area (Å²) in [5.74, 6) is -1.25. The number of pyridine rings is 1. The number of carbonyl (C=O) groups excluding carboxylic acids is 3. The van der Waals surface area contributed by atoms with Crippen LogP contribution >= 0.6 is 0 Å². The van der Waals surface area contributed by atoms with E-state index in [0.717, 1.165) is 33.3 Å². The van der Waals surface area contributed by atoms with Crippen LogP contribution in [0.1, 0.15) is 11.1 Å². The lowest BCUT2D eigenvalue weighted by Gasteiger charge is -2.17. The van der Waals surface area contributed by atoms with Gasteiger partial charge < -0.3 is 25.5 Å². The summed E-state index contributed by atoms with van der Waals surface area (Å²) in [4.78, 5) is 44.6. The van der Waals surface area contributed by atoms with Crippen molar-refractivity contribution in [1.29, 1.82) is 0 Å². The molecular weight excluding hydrogens is 532 g/mol. The van der Waals surface area contributed by atoms with E-state index >= 15 is 0 Å². The molecule has 0 saturated carbocycles. The molecule has 0 spiro atoms. The Morgan fingerprint density at radius 1 is 0.905 bits per heavy atom. The molecular formula is C33H30N4O5. The highest BCUT2D eigenvalue weighted by Gasteiger charge is 2.22. The van der Waals surface area contributed by atoms with Crippen molar-refractivity contribution < 1.29 is 24.2 Å². The van der Waals surface area contributed by atoms with Crippen LogP contribution in [0, 0.1) is 0 Å². The van der Waals surface area contributed by atoms with Crippen molar-refractivity contribution in [1.82, 2.24) is 20.6 Å².